The summed E-state index contributed by atoms with van der Waals surface area (Å²) < 4.78 is 31.2. The van der Waals surface area contributed by atoms with Crippen LogP contribution in [0.25, 0.3) is 0 Å². The molecule has 18 heavy (non-hydrogen) atoms. The molecule has 0 radical (unpaired) electrons. The highest BCUT2D eigenvalue weighted by atomic mass is 19.2. The van der Waals surface area contributed by atoms with Crippen molar-refractivity contribution in [2.45, 2.75) is 31.8 Å². The molecule has 0 saturated heterocycles. The highest BCUT2D eigenvalue weighted by Crippen LogP contribution is 2.20. The largest absolute Gasteiger partial charge is 0.490 e. The van der Waals surface area contributed by atoms with E-state index in [1.807, 2.05) is 6.92 Å². The molecule has 0 aliphatic rings. The molecule has 5 heteroatoms. The van der Waals surface area contributed by atoms with Gasteiger partial charge in [0.25, 0.3) is 0 Å². The Hall–Kier alpha value is -1.20. The van der Waals surface area contributed by atoms with Crippen molar-refractivity contribution in [2.24, 2.45) is 5.73 Å². The Morgan fingerprint density at radius 1 is 1.39 bits per heavy atom. The van der Waals surface area contributed by atoms with Gasteiger partial charge in [0.15, 0.2) is 11.6 Å². The SMILES string of the molecule is CCC(O)(CN)CCCOc1cccc(F)c1F. The second-order valence-corrected chi connectivity index (χ2v) is 4.29. The Morgan fingerprint density at radius 3 is 2.72 bits per heavy atom. The first-order valence-corrected chi connectivity index (χ1v) is 6.01. The van der Waals surface area contributed by atoms with Gasteiger partial charge in [-0.25, -0.2) is 4.39 Å². The molecule has 1 unspecified atom stereocenters. The third kappa shape index (κ3) is 3.92. The summed E-state index contributed by atoms with van der Waals surface area (Å²) >= 11 is 0. The maximum Gasteiger partial charge on any atom is 0.200 e. The number of halogens is 2. The molecule has 0 spiro atoms. The zero-order valence-corrected chi connectivity index (χ0v) is 10.5. The molecule has 3 N–H and O–H groups in total. The van der Waals surface area contributed by atoms with Crippen LogP contribution in [0.5, 0.6) is 5.75 Å². The van der Waals surface area contributed by atoms with Gasteiger partial charge in [-0.3, -0.25) is 0 Å². The number of nitrogens with two attached hydrogens (primary N) is 1. The van der Waals surface area contributed by atoms with Crippen LogP contribution in [-0.4, -0.2) is 23.9 Å². The molecule has 3 nitrogen and oxygen atoms in total. The predicted octanol–water partition coefficient (Wildman–Crippen LogP) is 2.22. The van der Waals surface area contributed by atoms with Crippen LogP contribution < -0.4 is 10.5 Å². The van der Waals surface area contributed by atoms with Crippen molar-refractivity contribution in [1.82, 2.24) is 0 Å². The smallest absolute Gasteiger partial charge is 0.200 e. The van der Waals surface area contributed by atoms with E-state index in [0.29, 0.717) is 19.3 Å². The number of aliphatic hydroxyl groups is 1. The van der Waals surface area contributed by atoms with Crippen molar-refractivity contribution < 1.29 is 18.6 Å². The molecule has 1 rings (SSSR count). The molecule has 0 saturated carbocycles. The summed E-state index contributed by atoms with van der Waals surface area (Å²) in [4.78, 5) is 0. The van der Waals surface area contributed by atoms with E-state index in [4.69, 9.17) is 10.5 Å². The van der Waals surface area contributed by atoms with Gasteiger partial charge in [0, 0.05) is 6.54 Å². The van der Waals surface area contributed by atoms with Crippen molar-refractivity contribution in [3.63, 3.8) is 0 Å². The Bertz CT molecular complexity index is 381. The monoisotopic (exact) mass is 259 g/mol. The quantitative estimate of drug-likeness (QED) is 0.738. The van der Waals surface area contributed by atoms with E-state index in [0.717, 1.165) is 6.07 Å². The summed E-state index contributed by atoms with van der Waals surface area (Å²) in [7, 11) is 0. The highest BCUT2D eigenvalue weighted by Gasteiger charge is 2.21. The third-order valence-electron chi connectivity index (χ3n) is 3.00. The van der Waals surface area contributed by atoms with Gasteiger partial charge < -0.3 is 15.6 Å². The van der Waals surface area contributed by atoms with Crippen LogP contribution >= 0.6 is 0 Å². The fourth-order valence-electron chi connectivity index (χ4n) is 1.60. The van der Waals surface area contributed by atoms with Crippen molar-refractivity contribution in [3.05, 3.63) is 29.8 Å². The van der Waals surface area contributed by atoms with Gasteiger partial charge in [0.05, 0.1) is 12.2 Å². The summed E-state index contributed by atoms with van der Waals surface area (Å²) in [5, 5.41) is 9.91. The summed E-state index contributed by atoms with van der Waals surface area (Å²) in [5.41, 5.74) is 4.56. The minimum atomic E-state index is -0.984. The van der Waals surface area contributed by atoms with Crippen LogP contribution in [0.2, 0.25) is 0 Å². The van der Waals surface area contributed by atoms with Crippen LogP contribution in [0.1, 0.15) is 26.2 Å². The molecule has 0 heterocycles. The molecule has 0 aliphatic carbocycles. The maximum absolute atomic E-state index is 13.2. The lowest BCUT2D eigenvalue weighted by Crippen LogP contribution is -2.37. The summed E-state index contributed by atoms with van der Waals surface area (Å²) in [6.07, 6.45) is 1.55. The number of rotatable bonds is 7. The second kappa shape index (κ2) is 6.66. The fourth-order valence-corrected chi connectivity index (χ4v) is 1.60. The molecule has 0 aromatic heterocycles. The van der Waals surface area contributed by atoms with Gasteiger partial charge in [-0.15, -0.1) is 0 Å². The van der Waals surface area contributed by atoms with Gasteiger partial charge in [0.1, 0.15) is 0 Å². The molecule has 0 aliphatic heterocycles. The van der Waals surface area contributed by atoms with Gasteiger partial charge in [-0.1, -0.05) is 13.0 Å². The van der Waals surface area contributed by atoms with Crippen molar-refractivity contribution >= 4 is 0 Å². The van der Waals surface area contributed by atoms with Gasteiger partial charge in [-0.05, 0) is 31.4 Å². The number of benzene rings is 1. The van der Waals surface area contributed by atoms with E-state index in [9.17, 15) is 13.9 Å². The van der Waals surface area contributed by atoms with Crippen LogP contribution in [0, 0.1) is 11.6 Å². The van der Waals surface area contributed by atoms with Gasteiger partial charge >= 0.3 is 0 Å². The van der Waals surface area contributed by atoms with Crippen LogP contribution in [-0.2, 0) is 0 Å². The standard InChI is InChI=1S/C13H19F2NO2/c1-2-13(17,9-16)7-4-8-18-11-6-3-5-10(14)12(11)15/h3,5-6,17H,2,4,7-9,16H2,1H3. The number of hydrogen-bond donors (Lipinski definition) is 2. The average Bonchev–Trinajstić information content (AvgIpc) is 2.39. The first kappa shape index (κ1) is 14.9. The van der Waals surface area contributed by atoms with E-state index >= 15 is 0 Å². The summed E-state index contributed by atoms with van der Waals surface area (Å²) in [6, 6.07) is 3.79. The van der Waals surface area contributed by atoms with E-state index < -0.39 is 17.2 Å². The molecule has 102 valence electrons. The van der Waals surface area contributed by atoms with Crippen LogP contribution in [0.3, 0.4) is 0 Å². The summed E-state index contributed by atoms with van der Waals surface area (Å²) in [5.74, 6) is -2.02. The predicted molar refractivity (Wildman–Crippen MR) is 65.4 cm³/mol. The highest BCUT2D eigenvalue weighted by molar-refractivity contribution is 5.24. The van der Waals surface area contributed by atoms with E-state index in [2.05, 4.69) is 0 Å². The van der Waals surface area contributed by atoms with Crippen LogP contribution in [0.15, 0.2) is 18.2 Å². The van der Waals surface area contributed by atoms with E-state index in [1.54, 1.807) is 0 Å². The number of hydrogen-bond acceptors (Lipinski definition) is 3. The lowest BCUT2D eigenvalue weighted by atomic mass is 9.95. The first-order valence-electron chi connectivity index (χ1n) is 6.01. The zero-order valence-electron chi connectivity index (χ0n) is 10.5. The Balaban J connectivity index is 2.41. The average molecular weight is 259 g/mol. The first-order chi connectivity index (χ1) is 8.52. The van der Waals surface area contributed by atoms with Gasteiger partial charge in [0.2, 0.25) is 5.82 Å². The van der Waals surface area contributed by atoms with E-state index in [1.165, 1.54) is 12.1 Å². The molecule has 0 amide bonds. The second-order valence-electron chi connectivity index (χ2n) is 4.29. The van der Waals surface area contributed by atoms with E-state index in [-0.39, 0.29) is 18.9 Å². The molecular weight excluding hydrogens is 240 g/mol. The maximum atomic E-state index is 13.2. The molecule has 0 fully saturated rings. The van der Waals surface area contributed by atoms with Crippen molar-refractivity contribution in [2.75, 3.05) is 13.2 Å². The summed E-state index contributed by atoms with van der Waals surface area (Å²) in [6.45, 7) is 2.24. The van der Waals surface area contributed by atoms with Gasteiger partial charge in [-0.2, -0.15) is 4.39 Å². The molecule has 0 bridgehead atoms. The molecule has 1 aromatic rings. The van der Waals surface area contributed by atoms with Crippen molar-refractivity contribution in [3.8, 4) is 5.75 Å². The lowest BCUT2D eigenvalue weighted by Gasteiger charge is -2.24. The molecular formula is C13H19F2NO2. The lowest BCUT2D eigenvalue weighted by molar-refractivity contribution is 0.0307. The minimum Gasteiger partial charge on any atom is -0.490 e. The molecule has 1 atom stereocenters. The minimum absolute atomic E-state index is 0.109. The Labute approximate surface area is 106 Å². The van der Waals surface area contributed by atoms with Crippen LogP contribution in [0.4, 0.5) is 8.78 Å². The fraction of sp³-hybridized carbons (Fsp3) is 0.538. The Kier molecular flexibility index (Phi) is 5.50. The normalized spacial score (nSPS) is 14.3. The Morgan fingerprint density at radius 2 is 2.11 bits per heavy atom. The topological polar surface area (TPSA) is 55.5 Å². The zero-order chi connectivity index (χ0) is 13.6. The molecule has 1 aromatic carbocycles. The van der Waals surface area contributed by atoms with Crippen molar-refractivity contribution in [1.29, 1.82) is 0 Å². The third-order valence-corrected chi connectivity index (χ3v) is 3.00. The number of ether oxygens (including phenoxy) is 1.